The first-order valence-corrected chi connectivity index (χ1v) is 13.8. The molecule has 1 aliphatic rings. The fraction of sp³-hybridized carbons (Fsp3) is 0.529. The first-order chi connectivity index (χ1) is 16.9. The highest BCUT2D eigenvalue weighted by molar-refractivity contribution is 6.26. The number of benzene rings is 1. The van der Waals surface area contributed by atoms with Gasteiger partial charge < -0.3 is 0 Å². The summed E-state index contributed by atoms with van der Waals surface area (Å²) in [6.07, 6.45) is 14.1. The van der Waals surface area contributed by atoms with Crippen LogP contribution >= 0.6 is 0 Å². The number of carbonyl (C=O) groups excluding carboxylic acids is 2. The van der Waals surface area contributed by atoms with E-state index < -0.39 is 0 Å². The third kappa shape index (κ3) is 6.84. The Morgan fingerprint density at radius 2 is 1.22 bits per heavy atom. The largest absolute Gasteiger partial charge is 0.289 e. The average Bonchev–Trinajstić information content (AvgIpc) is 2.86. The van der Waals surface area contributed by atoms with E-state index in [9.17, 15) is 9.59 Å². The van der Waals surface area contributed by atoms with E-state index in [1.165, 1.54) is 23.1 Å². The minimum atomic E-state index is -0.0197. The van der Waals surface area contributed by atoms with Crippen molar-refractivity contribution in [1.82, 2.24) is 0 Å². The molecule has 1 aromatic carbocycles. The van der Waals surface area contributed by atoms with Gasteiger partial charge in [0, 0.05) is 22.3 Å². The quantitative estimate of drug-likeness (QED) is 0.274. The van der Waals surface area contributed by atoms with E-state index in [1.807, 2.05) is 12.1 Å². The summed E-state index contributed by atoms with van der Waals surface area (Å²) in [4.78, 5) is 26.0. The van der Waals surface area contributed by atoms with Crippen LogP contribution in [0.5, 0.6) is 0 Å². The predicted molar refractivity (Wildman–Crippen MR) is 155 cm³/mol. The van der Waals surface area contributed by atoms with Crippen molar-refractivity contribution in [3.63, 3.8) is 0 Å². The van der Waals surface area contributed by atoms with Crippen LogP contribution in [0.15, 0.2) is 70.4 Å². The van der Waals surface area contributed by atoms with Crippen molar-refractivity contribution in [1.29, 1.82) is 0 Å². The Bertz CT molecular complexity index is 1090. The molecular weight excluding hydrogens is 440 g/mol. The summed E-state index contributed by atoms with van der Waals surface area (Å²) in [6.45, 7) is 19.9. The molecule has 36 heavy (non-hydrogen) atoms. The molecule has 2 atom stereocenters. The lowest BCUT2D eigenvalue weighted by Crippen LogP contribution is -2.21. The maximum atomic E-state index is 13.1. The summed E-state index contributed by atoms with van der Waals surface area (Å²) >= 11 is 0. The lowest BCUT2D eigenvalue weighted by atomic mass is 9.73. The van der Waals surface area contributed by atoms with Crippen LogP contribution in [-0.4, -0.2) is 11.6 Å². The lowest BCUT2D eigenvalue weighted by molar-refractivity contribution is 0.0973. The Balaban J connectivity index is 2.14. The number of hydrogen-bond donors (Lipinski definition) is 0. The van der Waals surface area contributed by atoms with Crippen LogP contribution in [-0.2, 0) is 0 Å². The summed E-state index contributed by atoms with van der Waals surface area (Å²) in [7, 11) is 0. The zero-order valence-electron chi connectivity index (χ0n) is 24.3. The fourth-order valence-corrected chi connectivity index (χ4v) is 5.14. The van der Waals surface area contributed by atoms with Gasteiger partial charge in [0.15, 0.2) is 11.6 Å². The lowest BCUT2D eigenvalue weighted by Gasteiger charge is -2.32. The Morgan fingerprint density at radius 3 is 1.72 bits per heavy atom. The molecule has 0 heterocycles. The van der Waals surface area contributed by atoms with Crippen molar-refractivity contribution >= 4 is 11.6 Å². The molecule has 0 N–H and O–H groups in total. The molecule has 0 bridgehead atoms. The van der Waals surface area contributed by atoms with E-state index in [-0.39, 0.29) is 22.4 Å². The van der Waals surface area contributed by atoms with Gasteiger partial charge in [0.2, 0.25) is 0 Å². The van der Waals surface area contributed by atoms with Gasteiger partial charge in [-0.1, -0.05) is 86.9 Å². The monoisotopic (exact) mass is 488 g/mol. The number of rotatable bonds is 12. The van der Waals surface area contributed by atoms with Crippen LogP contribution in [0.3, 0.4) is 0 Å². The van der Waals surface area contributed by atoms with Crippen LogP contribution in [0.2, 0.25) is 0 Å². The summed E-state index contributed by atoms with van der Waals surface area (Å²) in [5, 5.41) is 0. The second-order valence-electron chi connectivity index (χ2n) is 11.5. The Kier molecular flexibility index (Phi) is 10.5. The van der Waals surface area contributed by atoms with Gasteiger partial charge in [-0.15, -0.1) is 0 Å². The molecule has 0 amide bonds. The van der Waals surface area contributed by atoms with Gasteiger partial charge >= 0.3 is 0 Å². The zero-order valence-corrected chi connectivity index (χ0v) is 24.3. The number of allylic oxidation sites excluding steroid dienone is 8. The molecule has 0 aliphatic heterocycles. The van der Waals surface area contributed by atoms with E-state index >= 15 is 0 Å². The summed E-state index contributed by atoms with van der Waals surface area (Å²) < 4.78 is 0. The molecule has 1 aromatic rings. The van der Waals surface area contributed by atoms with Gasteiger partial charge in [0.1, 0.15) is 0 Å². The average molecular weight is 489 g/mol. The number of hydrogen-bond acceptors (Lipinski definition) is 2. The summed E-state index contributed by atoms with van der Waals surface area (Å²) in [5.41, 5.74) is 6.81. The molecule has 2 nitrogen and oxygen atoms in total. The van der Waals surface area contributed by atoms with Gasteiger partial charge in [-0.2, -0.15) is 0 Å². The maximum Gasteiger partial charge on any atom is 0.190 e. The van der Waals surface area contributed by atoms with Crippen molar-refractivity contribution in [2.24, 2.45) is 10.8 Å². The first-order valence-electron chi connectivity index (χ1n) is 13.8. The van der Waals surface area contributed by atoms with Crippen LogP contribution in [0, 0.1) is 10.8 Å². The van der Waals surface area contributed by atoms with Gasteiger partial charge in [-0.05, 0) is 90.4 Å². The molecule has 2 rings (SSSR count). The molecule has 0 saturated carbocycles. The normalized spacial score (nSPS) is 18.0. The van der Waals surface area contributed by atoms with Gasteiger partial charge in [0.25, 0.3) is 0 Å². The molecule has 0 aromatic heterocycles. The third-order valence-electron chi connectivity index (χ3n) is 8.96. The van der Waals surface area contributed by atoms with E-state index in [1.54, 1.807) is 19.1 Å². The Morgan fingerprint density at radius 1 is 0.750 bits per heavy atom. The molecule has 196 valence electrons. The van der Waals surface area contributed by atoms with E-state index in [4.69, 9.17) is 0 Å². The standard InChI is InChI=1S/C34H48O2/c1-10-33(8,22-14-16-24(3)4)25(5)17-15-23-34(9,11-2)26(6)20-21-28-27(7)31(35)29-18-12-13-19-30(29)32(28)36/h12-13,16-20H,10-11,14-15,21-23H2,1-9H3/b25-17+,26-20+. The minimum absolute atomic E-state index is 0.00419. The van der Waals surface area contributed by atoms with Gasteiger partial charge in [-0.25, -0.2) is 0 Å². The highest BCUT2D eigenvalue weighted by Gasteiger charge is 2.30. The first kappa shape index (κ1) is 29.7. The van der Waals surface area contributed by atoms with E-state index in [0.717, 1.165) is 32.1 Å². The highest BCUT2D eigenvalue weighted by Crippen LogP contribution is 2.40. The molecule has 0 spiro atoms. The van der Waals surface area contributed by atoms with Crippen molar-refractivity contribution < 1.29 is 9.59 Å². The maximum absolute atomic E-state index is 13.1. The van der Waals surface area contributed by atoms with Crippen LogP contribution in [0.4, 0.5) is 0 Å². The molecule has 1 aliphatic carbocycles. The summed E-state index contributed by atoms with van der Waals surface area (Å²) in [5.74, 6) is -0.0239. The predicted octanol–water partition coefficient (Wildman–Crippen LogP) is 10.0. The fourth-order valence-electron chi connectivity index (χ4n) is 5.14. The number of ketones is 2. The van der Waals surface area contributed by atoms with Crippen molar-refractivity contribution in [3.05, 3.63) is 81.5 Å². The second-order valence-corrected chi connectivity index (χ2v) is 11.5. The highest BCUT2D eigenvalue weighted by atomic mass is 16.1. The summed E-state index contributed by atoms with van der Waals surface area (Å²) in [6, 6.07) is 7.18. The molecule has 0 fully saturated rings. The SMILES string of the molecule is CCC(C)(CCC=C(C)C)/C(C)=C/CCC(C)(CC)/C(C)=C/CC1=C(C)C(=O)c2ccccc2C1=O. The molecule has 2 unspecified atom stereocenters. The molecule has 0 saturated heterocycles. The zero-order chi connectivity index (χ0) is 27.1. The van der Waals surface area contributed by atoms with Gasteiger partial charge in [-0.3, -0.25) is 9.59 Å². The van der Waals surface area contributed by atoms with E-state index in [2.05, 4.69) is 73.6 Å². The van der Waals surface area contributed by atoms with Crippen LogP contribution in [0.25, 0.3) is 0 Å². The topological polar surface area (TPSA) is 34.1 Å². The number of Topliss-reactive ketones (excluding diaryl/α,β-unsaturated/α-hetero) is 2. The Hall–Kier alpha value is -2.48. The van der Waals surface area contributed by atoms with Crippen molar-refractivity contribution in [3.8, 4) is 0 Å². The van der Waals surface area contributed by atoms with Crippen LogP contribution < -0.4 is 0 Å². The van der Waals surface area contributed by atoms with Crippen LogP contribution in [0.1, 0.15) is 128 Å². The van der Waals surface area contributed by atoms with Crippen molar-refractivity contribution in [2.75, 3.05) is 0 Å². The molecule has 0 radical (unpaired) electrons. The van der Waals surface area contributed by atoms with Gasteiger partial charge in [0.05, 0.1) is 0 Å². The number of carbonyl (C=O) groups is 2. The smallest absolute Gasteiger partial charge is 0.190 e. The Labute approximate surface area is 220 Å². The number of fused-ring (bicyclic) bond motifs is 1. The second kappa shape index (κ2) is 12.7. The van der Waals surface area contributed by atoms with E-state index in [0.29, 0.717) is 28.7 Å². The third-order valence-corrected chi connectivity index (χ3v) is 8.96. The molecular formula is C34H48O2. The minimum Gasteiger partial charge on any atom is -0.289 e. The molecule has 2 heteroatoms. The van der Waals surface area contributed by atoms with Crippen molar-refractivity contribution in [2.45, 2.75) is 107 Å².